The molecule has 134 valence electrons. The van der Waals surface area contributed by atoms with Crippen LogP contribution in [0.2, 0.25) is 0 Å². The smallest absolute Gasteiger partial charge is 0.314 e. The zero-order valence-electron chi connectivity index (χ0n) is 13.7. The lowest BCUT2D eigenvalue weighted by Crippen LogP contribution is -2.52. The molecule has 0 saturated carbocycles. The fraction of sp³-hybridized carbons (Fsp3) is 0.250. The number of piperazine rings is 1. The molecule has 1 fully saturated rings. The molecule has 2 amide bonds. The van der Waals surface area contributed by atoms with E-state index in [1.807, 2.05) is 4.90 Å². The van der Waals surface area contributed by atoms with Gasteiger partial charge in [-0.25, -0.2) is 9.97 Å². The number of para-hydroxylation sites is 2. The number of amides is 2. The molecule has 0 unspecified atom stereocenters. The second-order valence-corrected chi connectivity index (χ2v) is 5.56. The first-order valence-corrected chi connectivity index (χ1v) is 7.92. The predicted molar refractivity (Wildman–Crippen MR) is 92.6 cm³/mol. The van der Waals surface area contributed by atoms with Crippen molar-refractivity contribution in [2.75, 3.05) is 36.4 Å². The van der Waals surface area contributed by atoms with Crippen LogP contribution in [0, 0.1) is 10.1 Å². The molecule has 1 aliphatic heterocycles. The van der Waals surface area contributed by atoms with Crippen LogP contribution in [0.25, 0.3) is 0 Å². The van der Waals surface area contributed by atoms with E-state index in [0.29, 0.717) is 32.1 Å². The second-order valence-electron chi connectivity index (χ2n) is 5.56. The summed E-state index contributed by atoms with van der Waals surface area (Å²) >= 11 is 0. The Labute approximate surface area is 148 Å². The Bertz CT molecular complexity index is 820. The van der Waals surface area contributed by atoms with E-state index in [2.05, 4.69) is 15.3 Å². The minimum absolute atomic E-state index is 0.00725. The molecule has 1 saturated heterocycles. The van der Waals surface area contributed by atoms with E-state index in [4.69, 9.17) is 0 Å². The largest absolute Gasteiger partial charge is 0.337 e. The van der Waals surface area contributed by atoms with Gasteiger partial charge in [0.1, 0.15) is 5.69 Å². The van der Waals surface area contributed by atoms with Crippen molar-refractivity contribution < 1.29 is 14.5 Å². The molecule has 0 aliphatic carbocycles. The highest BCUT2D eigenvalue weighted by atomic mass is 16.6. The molecule has 1 aromatic heterocycles. The van der Waals surface area contributed by atoms with Gasteiger partial charge in [-0.15, -0.1) is 0 Å². The molecule has 1 N–H and O–H groups in total. The molecule has 0 spiro atoms. The first kappa shape index (κ1) is 17.3. The number of nitrogens with one attached hydrogen (secondary N) is 1. The van der Waals surface area contributed by atoms with Gasteiger partial charge >= 0.3 is 11.8 Å². The molecular weight excluding hydrogens is 340 g/mol. The van der Waals surface area contributed by atoms with Gasteiger partial charge in [0.2, 0.25) is 5.95 Å². The summed E-state index contributed by atoms with van der Waals surface area (Å²) in [4.78, 5) is 46.5. The number of nitro benzene ring substituents is 1. The average Bonchev–Trinajstić information content (AvgIpc) is 2.68. The van der Waals surface area contributed by atoms with Crippen molar-refractivity contribution in [1.82, 2.24) is 14.9 Å². The zero-order chi connectivity index (χ0) is 18.5. The van der Waals surface area contributed by atoms with Gasteiger partial charge in [-0.1, -0.05) is 12.1 Å². The van der Waals surface area contributed by atoms with Gasteiger partial charge in [0.15, 0.2) is 0 Å². The summed E-state index contributed by atoms with van der Waals surface area (Å²) in [5.74, 6) is -1.05. The SMILES string of the molecule is O=C(Nc1ccccc1[N+](=O)[O-])C(=O)N1CCN(c2ncccn2)CC1. The summed E-state index contributed by atoms with van der Waals surface area (Å²) in [7, 11) is 0. The van der Waals surface area contributed by atoms with E-state index in [0.717, 1.165) is 0 Å². The van der Waals surface area contributed by atoms with Crippen molar-refractivity contribution in [2.24, 2.45) is 0 Å². The summed E-state index contributed by atoms with van der Waals surface area (Å²) < 4.78 is 0. The Morgan fingerprint density at radius 3 is 2.35 bits per heavy atom. The molecule has 0 bridgehead atoms. The Hall–Kier alpha value is -3.56. The average molecular weight is 356 g/mol. The Morgan fingerprint density at radius 1 is 1.04 bits per heavy atom. The standard InChI is InChI=1S/C16H16N6O4/c23-14(19-12-4-1-2-5-13(12)22(25)26)15(24)20-8-10-21(11-9-20)16-17-6-3-7-18-16/h1-7H,8-11H2,(H,19,23). The number of carbonyl (C=O) groups is 2. The Morgan fingerprint density at radius 2 is 1.69 bits per heavy atom. The third-order valence-corrected chi connectivity index (χ3v) is 3.95. The van der Waals surface area contributed by atoms with Crippen molar-refractivity contribution in [3.05, 3.63) is 52.8 Å². The lowest BCUT2D eigenvalue weighted by Gasteiger charge is -2.34. The van der Waals surface area contributed by atoms with E-state index in [1.165, 1.54) is 23.1 Å². The summed E-state index contributed by atoms with van der Waals surface area (Å²) in [6.45, 7) is 1.66. The Balaban J connectivity index is 1.60. The zero-order valence-corrected chi connectivity index (χ0v) is 13.7. The van der Waals surface area contributed by atoms with Crippen molar-refractivity contribution in [1.29, 1.82) is 0 Å². The van der Waals surface area contributed by atoms with Crippen LogP contribution in [0.3, 0.4) is 0 Å². The minimum atomic E-state index is -0.899. The number of hydrogen-bond donors (Lipinski definition) is 1. The summed E-state index contributed by atoms with van der Waals surface area (Å²) in [6, 6.07) is 7.40. The number of carbonyl (C=O) groups excluding carboxylic acids is 2. The monoisotopic (exact) mass is 356 g/mol. The van der Waals surface area contributed by atoms with Crippen LogP contribution in [-0.2, 0) is 9.59 Å². The fourth-order valence-electron chi connectivity index (χ4n) is 2.62. The maximum absolute atomic E-state index is 12.3. The lowest BCUT2D eigenvalue weighted by atomic mass is 10.2. The van der Waals surface area contributed by atoms with Gasteiger partial charge in [0.25, 0.3) is 5.69 Å². The molecule has 2 aromatic rings. The van der Waals surface area contributed by atoms with Crippen molar-refractivity contribution in [2.45, 2.75) is 0 Å². The number of benzene rings is 1. The number of nitro groups is 1. The molecular formula is C16H16N6O4. The van der Waals surface area contributed by atoms with Crippen LogP contribution < -0.4 is 10.2 Å². The van der Waals surface area contributed by atoms with Gasteiger partial charge in [-0.2, -0.15) is 0 Å². The van der Waals surface area contributed by atoms with E-state index in [1.54, 1.807) is 24.5 Å². The van der Waals surface area contributed by atoms with Gasteiger partial charge in [0, 0.05) is 44.6 Å². The molecule has 0 radical (unpaired) electrons. The molecule has 1 aliphatic rings. The van der Waals surface area contributed by atoms with E-state index in [-0.39, 0.29) is 11.4 Å². The number of hydrogen-bond acceptors (Lipinski definition) is 7. The summed E-state index contributed by atoms with van der Waals surface area (Å²) in [5, 5.41) is 13.3. The Kier molecular flexibility index (Phi) is 5.02. The minimum Gasteiger partial charge on any atom is -0.337 e. The van der Waals surface area contributed by atoms with E-state index < -0.39 is 16.7 Å². The first-order valence-electron chi connectivity index (χ1n) is 7.92. The van der Waals surface area contributed by atoms with Crippen LogP contribution >= 0.6 is 0 Å². The molecule has 1 aromatic carbocycles. The molecule has 26 heavy (non-hydrogen) atoms. The van der Waals surface area contributed by atoms with Crippen LogP contribution in [-0.4, -0.2) is 57.8 Å². The van der Waals surface area contributed by atoms with Gasteiger partial charge in [-0.05, 0) is 12.1 Å². The fourth-order valence-corrected chi connectivity index (χ4v) is 2.62. The summed E-state index contributed by atoms with van der Waals surface area (Å²) in [5.41, 5.74) is -0.271. The normalized spacial score (nSPS) is 14.0. The number of aromatic nitrogens is 2. The highest BCUT2D eigenvalue weighted by Crippen LogP contribution is 2.23. The maximum Gasteiger partial charge on any atom is 0.314 e. The third-order valence-electron chi connectivity index (χ3n) is 3.95. The maximum atomic E-state index is 12.3. The summed E-state index contributed by atoms with van der Waals surface area (Å²) in [6.07, 6.45) is 3.28. The van der Waals surface area contributed by atoms with E-state index >= 15 is 0 Å². The van der Waals surface area contributed by atoms with Crippen molar-refractivity contribution in [3.8, 4) is 0 Å². The molecule has 3 rings (SSSR count). The number of anilines is 2. The molecule has 2 heterocycles. The molecule has 10 nitrogen and oxygen atoms in total. The molecule has 0 atom stereocenters. The van der Waals surface area contributed by atoms with Gasteiger partial charge < -0.3 is 15.1 Å². The van der Waals surface area contributed by atoms with Gasteiger partial charge in [-0.3, -0.25) is 19.7 Å². The molecule has 10 heteroatoms. The van der Waals surface area contributed by atoms with Crippen LogP contribution in [0.15, 0.2) is 42.7 Å². The van der Waals surface area contributed by atoms with E-state index in [9.17, 15) is 19.7 Å². The van der Waals surface area contributed by atoms with Crippen LogP contribution in [0.1, 0.15) is 0 Å². The van der Waals surface area contributed by atoms with Crippen LogP contribution in [0.4, 0.5) is 17.3 Å². The predicted octanol–water partition coefficient (Wildman–Crippen LogP) is 0.672. The lowest BCUT2D eigenvalue weighted by molar-refractivity contribution is -0.383. The van der Waals surface area contributed by atoms with Crippen molar-refractivity contribution >= 4 is 29.1 Å². The number of rotatable bonds is 3. The second kappa shape index (κ2) is 7.55. The van der Waals surface area contributed by atoms with Crippen LogP contribution in [0.5, 0.6) is 0 Å². The van der Waals surface area contributed by atoms with Crippen molar-refractivity contribution in [3.63, 3.8) is 0 Å². The quantitative estimate of drug-likeness (QED) is 0.487. The highest BCUT2D eigenvalue weighted by molar-refractivity contribution is 6.39. The first-order chi connectivity index (χ1) is 12.6. The third kappa shape index (κ3) is 3.74. The number of nitrogens with zero attached hydrogens (tertiary/aromatic N) is 5. The van der Waals surface area contributed by atoms with Gasteiger partial charge in [0.05, 0.1) is 4.92 Å². The highest BCUT2D eigenvalue weighted by Gasteiger charge is 2.28. The topological polar surface area (TPSA) is 122 Å².